The van der Waals surface area contributed by atoms with E-state index in [9.17, 15) is 14.7 Å². The van der Waals surface area contributed by atoms with Gasteiger partial charge >= 0.3 is 12.0 Å². The molecular weight excluding hydrogens is 260 g/mol. The molecule has 6 nitrogen and oxygen atoms in total. The van der Waals surface area contributed by atoms with Crippen LogP contribution in [0.2, 0.25) is 0 Å². The number of hydrogen-bond donors (Lipinski definition) is 3. The highest BCUT2D eigenvalue weighted by atomic mass is 16.4. The first kappa shape index (κ1) is 14.2. The smallest absolute Gasteiger partial charge is 0.323 e. The molecule has 1 saturated carbocycles. The fourth-order valence-electron chi connectivity index (χ4n) is 2.32. The van der Waals surface area contributed by atoms with Crippen LogP contribution in [0.4, 0.5) is 10.5 Å². The maximum Gasteiger partial charge on any atom is 0.323 e. The van der Waals surface area contributed by atoms with Crippen molar-refractivity contribution in [3.05, 3.63) is 24.3 Å². The highest BCUT2D eigenvalue weighted by Gasteiger charge is 2.29. The number of carboxylic acid groups (broad SMARTS) is 1. The molecule has 1 aliphatic carbocycles. The van der Waals surface area contributed by atoms with Crippen LogP contribution in [0, 0.1) is 5.92 Å². The Labute approximate surface area is 117 Å². The zero-order chi connectivity index (χ0) is 14.7. The average Bonchev–Trinajstić information content (AvgIpc) is 2.35. The topological polar surface area (TPSA) is 89.9 Å². The van der Waals surface area contributed by atoms with E-state index in [0.29, 0.717) is 11.6 Å². The summed E-state index contributed by atoms with van der Waals surface area (Å²) in [5.74, 6) is -0.422. The number of amides is 2. The quantitative estimate of drug-likeness (QED) is 0.783. The number of aromatic hydroxyl groups is 1. The second kappa shape index (κ2) is 5.81. The Hall–Kier alpha value is -2.24. The summed E-state index contributed by atoms with van der Waals surface area (Å²) in [5, 5.41) is 21.0. The maximum absolute atomic E-state index is 12.2. The number of phenolic OH excluding ortho intramolecular Hbond substituents is 1. The van der Waals surface area contributed by atoms with Gasteiger partial charge in [-0.15, -0.1) is 0 Å². The Bertz CT molecular complexity index is 494. The molecule has 0 bridgehead atoms. The molecule has 20 heavy (non-hydrogen) atoms. The molecule has 1 aromatic rings. The summed E-state index contributed by atoms with van der Waals surface area (Å²) in [6.07, 6.45) is 1.84. The van der Waals surface area contributed by atoms with Crippen molar-refractivity contribution in [2.75, 3.05) is 11.4 Å². The van der Waals surface area contributed by atoms with Crippen LogP contribution >= 0.6 is 0 Å². The minimum atomic E-state index is -1.09. The molecule has 0 atom stereocenters. The van der Waals surface area contributed by atoms with Crippen LogP contribution in [-0.2, 0) is 4.79 Å². The first-order valence-electron chi connectivity index (χ1n) is 6.54. The lowest BCUT2D eigenvalue weighted by Gasteiger charge is -2.35. The van der Waals surface area contributed by atoms with Crippen LogP contribution in [0.5, 0.6) is 5.75 Å². The summed E-state index contributed by atoms with van der Waals surface area (Å²) in [6.45, 7) is 1.69. The molecule has 1 aromatic carbocycles. The number of anilines is 1. The third kappa shape index (κ3) is 3.40. The number of carbonyl (C=O) groups excluding carboxylic acids is 1. The summed E-state index contributed by atoms with van der Waals surface area (Å²) >= 11 is 0. The van der Waals surface area contributed by atoms with Gasteiger partial charge in [0.15, 0.2) is 0 Å². The predicted octanol–water partition coefficient (Wildman–Crippen LogP) is 1.79. The van der Waals surface area contributed by atoms with Gasteiger partial charge in [0, 0.05) is 11.7 Å². The molecule has 0 aliphatic heterocycles. The Morgan fingerprint density at radius 3 is 2.40 bits per heavy atom. The Morgan fingerprint density at radius 2 is 1.90 bits per heavy atom. The molecule has 0 radical (unpaired) electrons. The predicted molar refractivity (Wildman–Crippen MR) is 73.8 cm³/mol. The van der Waals surface area contributed by atoms with Crippen molar-refractivity contribution < 1.29 is 19.8 Å². The highest BCUT2D eigenvalue weighted by molar-refractivity contribution is 5.96. The van der Waals surface area contributed by atoms with Crippen molar-refractivity contribution in [2.45, 2.75) is 25.8 Å². The largest absolute Gasteiger partial charge is 0.508 e. The minimum Gasteiger partial charge on any atom is -0.508 e. The number of nitrogens with zero attached hydrogens (tertiary/aromatic N) is 1. The van der Waals surface area contributed by atoms with Crippen LogP contribution < -0.4 is 10.2 Å². The average molecular weight is 278 g/mol. The normalized spacial score (nSPS) is 20.9. The molecule has 3 N–H and O–H groups in total. The molecule has 0 saturated heterocycles. The monoisotopic (exact) mass is 278 g/mol. The zero-order valence-electron chi connectivity index (χ0n) is 11.2. The van der Waals surface area contributed by atoms with E-state index in [1.54, 1.807) is 0 Å². The maximum atomic E-state index is 12.2. The number of carboxylic acids is 1. The van der Waals surface area contributed by atoms with Gasteiger partial charge in [0.05, 0.1) is 0 Å². The van der Waals surface area contributed by atoms with Gasteiger partial charge in [-0.2, -0.15) is 0 Å². The number of hydrogen-bond acceptors (Lipinski definition) is 3. The molecule has 2 amide bonds. The van der Waals surface area contributed by atoms with Gasteiger partial charge < -0.3 is 15.5 Å². The second-order valence-electron chi connectivity index (χ2n) is 5.22. The molecule has 2 rings (SSSR count). The van der Waals surface area contributed by atoms with E-state index in [-0.39, 0.29) is 11.8 Å². The SMILES string of the molecule is CC1CC(NC(=O)N(CC(=O)O)c2ccc(O)cc2)C1. The number of aliphatic carboxylic acids is 1. The summed E-state index contributed by atoms with van der Waals surface area (Å²) in [6, 6.07) is 5.56. The molecule has 0 spiro atoms. The van der Waals surface area contributed by atoms with E-state index in [0.717, 1.165) is 17.7 Å². The fourth-order valence-corrected chi connectivity index (χ4v) is 2.32. The number of nitrogens with one attached hydrogen (secondary N) is 1. The number of urea groups is 1. The zero-order valence-corrected chi connectivity index (χ0v) is 11.2. The van der Waals surface area contributed by atoms with Crippen molar-refractivity contribution in [3.63, 3.8) is 0 Å². The van der Waals surface area contributed by atoms with Gasteiger partial charge in [-0.25, -0.2) is 4.79 Å². The van der Waals surface area contributed by atoms with E-state index in [1.807, 2.05) is 0 Å². The highest BCUT2D eigenvalue weighted by Crippen LogP contribution is 2.27. The van der Waals surface area contributed by atoms with E-state index in [4.69, 9.17) is 5.11 Å². The van der Waals surface area contributed by atoms with Crippen molar-refractivity contribution >= 4 is 17.7 Å². The van der Waals surface area contributed by atoms with Crippen LogP contribution in [0.15, 0.2) is 24.3 Å². The van der Waals surface area contributed by atoms with Crippen LogP contribution in [-0.4, -0.2) is 34.8 Å². The van der Waals surface area contributed by atoms with Gasteiger partial charge in [0.1, 0.15) is 12.3 Å². The molecule has 6 heteroatoms. The lowest BCUT2D eigenvalue weighted by Crippen LogP contribution is -2.50. The summed E-state index contributed by atoms with van der Waals surface area (Å²) in [7, 11) is 0. The van der Waals surface area contributed by atoms with Crippen molar-refractivity contribution in [3.8, 4) is 5.75 Å². The van der Waals surface area contributed by atoms with E-state index in [2.05, 4.69) is 12.2 Å². The van der Waals surface area contributed by atoms with Crippen molar-refractivity contribution in [1.29, 1.82) is 0 Å². The minimum absolute atomic E-state index is 0.0669. The first-order valence-corrected chi connectivity index (χ1v) is 6.54. The van der Waals surface area contributed by atoms with E-state index in [1.165, 1.54) is 24.3 Å². The molecule has 0 heterocycles. The third-order valence-electron chi connectivity index (χ3n) is 3.40. The van der Waals surface area contributed by atoms with Gasteiger partial charge in [0.25, 0.3) is 0 Å². The molecule has 1 fully saturated rings. The molecule has 0 unspecified atom stereocenters. The molecule has 108 valence electrons. The standard InChI is InChI=1S/C14H18N2O4/c1-9-6-10(7-9)15-14(20)16(8-13(18)19)11-2-4-12(17)5-3-11/h2-5,9-10,17H,6-8H2,1H3,(H,15,20)(H,18,19). The van der Waals surface area contributed by atoms with Crippen molar-refractivity contribution in [1.82, 2.24) is 5.32 Å². The van der Waals surface area contributed by atoms with Gasteiger partial charge in [-0.05, 0) is 43.0 Å². The molecule has 1 aliphatic rings. The third-order valence-corrected chi connectivity index (χ3v) is 3.40. The summed E-state index contributed by atoms with van der Waals surface area (Å²) in [4.78, 5) is 24.2. The number of phenols is 1. The van der Waals surface area contributed by atoms with Crippen LogP contribution in [0.3, 0.4) is 0 Å². The summed E-state index contributed by atoms with van der Waals surface area (Å²) < 4.78 is 0. The number of carbonyl (C=O) groups is 2. The Morgan fingerprint density at radius 1 is 1.30 bits per heavy atom. The number of benzene rings is 1. The Kier molecular flexibility index (Phi) is 4.12. The van der Waals surface area contributed by atoms with Gasteiger partial charge in [0.2, 0.25) is 0 Å². The lowest BCUT2D eigenvalue weighted by molar-refractivity contribution is -0.135. The first-order chi connectivity index (χ1) is 9.45. The van der Waals surface area contributed by atoms with Gasteiger partial charge in [-0.1, -0.05) is 6.92 Å². The fraction of sp³-hybridized carbons (Fsp3) is 0.429. The van der Waals surface area contributed by atoms with E-state index < -0.39 is 18.5 Å². The van der Waals surface area contributed by atoms with E-state index >= 15 is 0 Å². The van der Waals surface area contributed by atoms with Gasteiger partial charge in [-0.3, -0.25) is 9.69 Å². The number of rotatable bonds is 4. The Balaban J connectivity index is 2.08. The molecule has 0 aromatic heterocycles. The summed E-state index contributed by atoms with van der Waals surface area (Å²) in [5.41, 5.74) is 0.440. The van der Waals surface area contributed by atoms with Crippen LogP contribution in [0.25, 0.3) is 0 Å². The van der Waals surface area contributed by atoms with Crippen LogP contribution in [0.1, 0.15) is 19.8 Å². The second-order valence-corrected chi connectivity index (χ2v) is 5.22. The lowest BCUT2D eigenvalue weighted by atomic mass is 9.82. The molecular formula is C14H18N2O4. The van der Waals surface area contributed by atoms with Crippen molar-refractivity contribution in [2.24, 2.45) is 5.92 Å².